The van der Waals surface area contributed by atoms with E-state index in [1.807, 2.05) is 38.1 Å². The van der Waals surface area contributed by atoms with Gasteiger partial charge in [0, 0.05) is 16.5 Å². The molecule has 0 fully saturated rings. The summed E-state index contributed by atoms with van der Waals surface area (Å²) in [7, 11) is 1.44. The summed E-state index contributed by atoms with van der Waals surface area (Å²) in [5.41, 5.74) is 4.14. The number of aromatic nitrogens is 3. The van der Waals surface area contributed by atoms with Crippen LogP contribution in [-0.4, -0.2) is 27.0 Å². The van der Waals surface area contributed by atoms with Crippen molar-refractivity contribution in [2.24, 2.45) is 0 Å². The number of phenols is 1. The number of H-pyrrole nitrogens is 1. The van der Waals surface area contributed by atoms with Crippen LogP contribution in [0.1, 0.15) is 22.4 Å². The zero-order chi connectivity index (χ0) is 21.6. The number of rotatable bonds is 3. The van der Waals surface area contributed by atoms with Crippen LogP contribution in [0.5, 0.6) is 11.5 Å². The first-order valence-corrected chi connectivity index (χ1v) is 9.37. The van der Waals surface area contributed by atoms with Crippen molar-refractivity contribution in [2.75, 3.05) is 7.11 Å². The highest BCUT2D eigenvalue weighted by Crippen LogP contribution is 2.41. The van der Waals surface area contributed by atoms with Gasteiger partial charge < -0.3 is 14.8 Å². The molecule has 0 bridgehead atoms. The molecule has 0 saturated heterocycles. The molecule has 0 atom stereocenters. The summed E-state index contributed by atoms with van der Waals surface area (Å²) >= 11 is 0. The Morgan fingerprint density at radius 3 is 2.60 bits per heavy atom. The standard InChI is InChI=1S/C23H20N4O3/c1-12-8-9-15(10-13(12)2)27-22-19(14(3)26-27)20(17(11-24)23(29)25-22)16-6-5-7-18(30-4)21(16)28/h5-10,28H,1-4H3,(H,25,29). The second-order valence-corrected chi connectivity index (χ2v) is 7.16. The molecule has 0 amide bonds. The number of pyridine rings is 1. The van der Waals surface area contributed by atoms with E-state index in [-0.39, 0.29) is 17.1 Å². The Bertz CT molecular complexity index is 1410. The normalized spacial score (nSPS) is 10.9. The number of phenolic OH excluding ortho intramolecular Hbond substituents is 1. The molecule has 7 heteroatoms. The molecule has 0 saturated carbocycles. The molecule has 4 aromatic rings. The van der Waals surface area contributed by atoms with Crippen LogP contribution >= 0.6 is 0 Å². The number of nitrogens with one attached hydrogen (secondary N) is 1. The number of hydrogen-bond donors (Lipinski definition) is 2. The van der Waals surface area contributed by atoms with Gasteiger partial charge in [-0.25, -0.2) is 4.68 Å². The minimum atomic E-state index is -0.549. The SMILES string of the molecule is COc1cccc(-c2c(C#N)c(=O)[nH]c3c2c(C)nn3-c2ccc(C)c(C)c2)c1O. The fraction of sp³-hybridized carbons (Fsp3) is 0.174. The molecule has 7 nitrogen and oxygen atoms in total. The van der Waals surface area contributed by atoms with E-state index in [1.54, 1.807) is 29.8 Å². The maximum atomic E-state index is 12.8. The van der Waals surface area contributed by atoms with E-state index in [0.29, 0.717) is 27.9 Å². The summed E-state index contributed by atoms with van der Waals surface area (Å²) in [6.45, 7) is 5.84. The lowest BCUT2D eigenvalue weighted by Gasteiger charge is -2.12. The third-order valence-corrected chi connectivity index (χ3v) is 5.35. The molecule has 0 aliphatic rings. The van der Waals surface area contributed by atoms with E-state index in [4.69, 9.17) is 4.74 Å². The average molecular weight is 400 g/mol. The van der Waals surface area contributed by atoms with E-state index >= 15 is 0 Å². The van der Waals surface area contributed by atoms with Crippen molar-refractivity contribution in [1.82, 2.24) is 14.8 Å². The quantitative estimate of drug-likeness (QED) is 0.543. The van der Waals surface area contributed by atoms with Gasteiger partial charge in [0.2, 0.25) is 0 Å². The van der Waals surface area contributed by atoms with Crippen molar-refractivity contribution in [1.29, 1.82) is 5.26 Å². The monoisotopic (exact) mass is 400 g/mol. The van der Waals surface area contributed by atoms with Crippen molar-refractivity contribution in [3.05, 3.63) is 69.1 Å². The van der Waals surface area contributed by atoms with Crippen molar-refractivity contribution in [2.45, 2.75) is 20.8 Å². The van der Waals surface area contributed by atoms with E-state index < -0.39 is 5.56 Å². The number of nitrogens with zero attached hydrogens (tertiary/aromatic N) is 3. The molecule has 4 rings (SSSR count). The first-order valence-electron chi connectivity index (χ1n) is 9.37. The smallest absolute Gasteiger partial charge is 0.268 e. The molecule has 2 heterocycles. The molecule has 0 aliphatic carbocycles. The van der Waals surface area contributed by atoms with Crippen LogP contribution in [-0.2, 0) is 0 Å². The van der Waals surface area contributed by atoms with Gasteiger partial charge in [-0.15, -0.1) is 0 Å². The summed E-state index contributed by atoms with van der Waals surface area (Å²) < 4.78 is 6.87. The summed E-state index contributed by atoms with van der Waals surface area (Å²) in [5.74, 6) is 0.116. The predicted octanol–water partition coefficient (Wildman–Crippen LogP) is 3.89. The summed E-state index contributed by atoms with van der Waals surface area (Å²) in [6.07, 6.45) is 0. The number of benzene rings is 2. The fourth-order valence-electron chi connectivity index (χ4n) is 3.66. The molecule has 2 N–H and O–H groups in total. The van der Waals surface area contributed by atoms with Crippen LogP contribution in [0.2, 0.25) is 0 Å². The third-order valence-electron chi connectivity index (χ3n) is 5.35. The Balaban J connectivity index is 2.14. The molecule has 2 aromatic carbocycles. The lowest BCUT2D eigenvalue weighted by molar-refractivity contribution is 0.374. The highest BCUT2D eigenvalue weighted by molar-refractivity contribution is 6.00. The zero-order valence-corrected chi connectivity index (χ0v) is 17.1. The van der Waals surface area contributed by atoms with Crippen LogP contribution in [0.3, 0.4) is 0 Å². The molecule has 0 radical (unpaired) electrons. The van der Waals surface area contributed by atoms with E-state index in [0.717, 1.165) is 16.8 Å². The second kappa shape index (κ2) is 7.08. The Kier molecular flexibility index (Phi) is 4.55. The van der Waals surface area contributed by atoms with E-state index in [2.05, 4.69) is 10.1 Å². The first-order chi connectivity index (χ1) is 14.4. The molecule has 0 unspecified atom stereocenters. The summed E-state index contributed by atoms with van der Waals surface area (Å²) in [5, 5.41) is 25.6. The van der Waals surface area contributed by atoms with Gasteiger partial charge in [-0.1, -0.05) is 18.2 Å². The fourth-order valence-corrected chi connectivity index (χ4v) is 3.66. The van der Waals surface area contributed by atoms with Gasteiger partial charge in [-0.2, -0.15) is 10.4 Å². The topological polar surface area (TPSA) is 104 Å². The molecule has 150 valence electrons. The van der Waals surface area contributed by atoms with Gasteiger partial charge in [0.1, 0.15) is 17.3 Å². The van der Waals surface area contributed by atoms with Gasteiger partial charge in [0.15, 0.2) is 11.5 Å². The Morgan fingerprint density at radius 1 is 1.17 bits per heavy atom. The van der Waals surface area contributed by atoms with Gasteiger partial charge in [-0.3, -0.25) is 4.79 Å². The van der Waals surface area contributed by atoms with Crippen molar-refractivity contribution < 1.29 is 9.84 Å². The van der Waals surface area contributed by atoms with Crippen molar-refractivity contribution in [3.63, 3.8) is 0 Å². The van der Waals surface area contributed by atoms with Gasteiger partial charge >= 0.3 is 0 Å². The number of ether oxygens (including phenoxy) is 1. The van der Waals surface area contributed by atoms with Crippen LogP contribution in [0.15, 0.2) is 41.2 Å². The van der Waals surface area contributed by atoms with Gasteiger partial charge in [-0.05, 0) is 50.1 Å². The van der Waals surface area contributed by atoms with Crippen LogP contribution in [0.4, 0.5) is 0 Å². The number of fused-ring (bicyclic) bond motifs is 1. The minimum Gasteiger partial charge on any atom is -0.504 e. The molecular formula is C23H20N4O3. The zero-order valence-electron chi connectivity index (χ0n) is 17.1. The molecular weight excluding hydrogens is 380 g/mol. The highest BCUT2D eigenvalue weighted by atomic mass is 16.5. The molecule has 0 aliphatic heterocycles. The number of aromatic hydroxyl groups is 1. The Morgan fingerprint density at radius 2 is 1.93 bits per heavy atom. The highest BCUT2D eigenvalue weighted by Gasteiger charge is 2.23. The largest absolute Gasteiger partial charge is 0.504 e. The number of hydrogen-bond acceptors (Lipinski definition) is 5. The second-order valence-electron chi connectivity index (χ2n) is 7.16. The number of nitriles is 1. The number of aromatic amines is 1. The third kappa shape index (κ3) is 2.81. The Hall–Kier alpha value is -4.05. The molecule has 30 heavy (non-hydrogen) atoms. The predicted molar refractivity (Wildman–Crippen MR) is 114 cm³/mol. The number of aryl methyl sites for hydroxylation is 3. The Labute approximate surface area is 172 Å². The van der Waals surface area contributed by atoms with Crippen LogP contribution < -0.4 is 10.3 Å². The molecule has 0 spiro atoms. The first kappa shape index (κ1) is 19.3. The number of para-hydroxylation sites is 1. The van der Waals surface area contributed by atoms with E-state index in [9.17, 15) is 15.2 Å². The minimum absolute atomic E-state index is 0.0891. The maximum absolute atomic E-state index is 12.8. The lowest BCUT2D eigenvalue weighted by atomic mass is 9.96. The van der Waals surface area contributed by atoms with Gasteiger partial charge in [0.05, 0.1) is 18.5 Å². The summed E-state index contributed by atoms with van der Waals surface area (Å²) in [6, 6.07) is 12.8. The molecule has 2 aromatic heterocycles. The van der Waals surface area contributed by atoms with Crippen molar-refractivity contribution in [3.8, 4) is 34.4 Å². The lowest BCUT2D eigenvalue weighted by Crippen LogP contribution is -2.13. The van der Waals surface area contributed by atoms with Crippen LogP contribution in [0.25, 0.3) is 27.8 Å². The van der Waals surface area contributed by atoms with Crippen LogP contribution in [0, 0.1) is 32.1 Å². The van der Waals surface area contributed by atoms with E-state index in [1.165, 1.54) is 7.11 Å². The average Bonchev–Trinajstić information content (AvgIpc) is 3.05. The maximum Gasteiger partial charge on any atom is 0.268 e. The van der Waals surface area contributed by atoms with Crippen molar-refractivity contribution >= 4 is 11.0 Å². The summed E-state index contributed by atoms with van der Waals surface area (Å²) in [4.78, 5) is 15.6. The number of methoxy groups -OCH3 is 1. The van der Waals surface area contributed by atoms with Gasteiger partial charge in [0.25, 0.3) is 5.56 Å².